The van der Waals surface area contributed by atoms with Gasteiger partial charge in [0.05, 0.1) is 5.92 Å². The van der Waals surface area contributed by atoms with Crippen LogP contribution in [0.25, 0.3) is 0 Å². The predicted molar refractivity (Wildman–Crippen MR) is 104 cm³/mol. The van der Waals surface area contributed by atoms with Crippen molar-refractivity contribution in [2.75, 3.05) is 17.8 Å². The van der Waals surface area contributed by atoms with Crippen LogP contribution in [-0.4, -0.2) is 45.9 Å². The lowest BCUT2D eigenvalue weighted by Gasteiger charge is -2.20. The Hall–Kier alpha value is -1.47. The fourth-order valence-corrected chi connectivity index (χ4v) is 3.41. The van der Waals surface area contributed by atoms with Crippen molar-refractivity contribution in [3.05, 3.63) is 35.4 Å². The molecule has 0 bridgehead atoms. The molecule has 0 aliphatic carbocycles. The van der Waals surface area contributed by atoms with Crippen molar-refractivity contribution in [2.45, 2.75) is 32.7 Å². The first-order valence-corrected chi connectivity index (χ1v) is 10.4. The molecule has 0 aliphatic rings. The number of thioether (sulfide) groups is 2. The Morgan fingerprint density at radius 2 is 1.84 bits per heavy atom. The Morgan fingerprint density at radius 1 is 1.20 bits per heavy atom. The van der Waals surface area contributed by atoms with Gasteiger partial charge >= 0.3 is 5.97 Å². The van der Waals surface area contributed by atoms with E-state index in [9.17, 15) is 19.5 Å². The first kappa shape index (κ1) is 21.6. The summed E-state index contributed by atoms with van der Waals surface area (Å²) >= 11 is 2.63. The van der Waals surface area contributed by atoms with Crippen molar-refractivity contribution >= 4 is 40.5 Å². The molecule has 0 radical (unpaired) electrons. The largest absolute Gasteiger partial charge is 0.480 e. The molecule has 1 aromatic rings. The molecular weight excluding hydrogens is 358 g/mol. The van der Waals surface area contributed by atoms with E-state index in [0.29, 0.717) is 24.3 Å². The van der Waals surface area contributed by atoms with E-state index >= 15 is 0 Å². The molecular formula is C18H25NO4S2. The monoisotopic (exact) mass is 383 g/mol. The molecule has 0 spiro atoms. The number of carboxylic acids is 1. The minimum absolute atomic E-state index is 0.0566. The summed E-state index contributed by atoms with van der Waals surface area (Å²) in [7, 11) is 0. The van der Waals surface area contributed by atoms with Crippen LogP contribution in [0.2, 0.25) is 0 Å². The van der Waals surface area contributed by atoms with Crippen molar-refractivity contribution in [3.63, 3.8) is 0 Å². The fraction of sp³-hybridized carbons (Fsp3) is 0.500. The van der Waals surface area contributed by atoms with Crippen molar-refractivity contribution in [2.24, 2.45) is 5.92 Å². The highest BCUT2D eigenvalue weighted by Crippen LogP contribution is 2.17. The molecule has 25 heavy (non-hydrogen) atoms. The van der Waals surface area contributed by atoms with Gasteiger partial charge in [-0.3, -0.25) is 9.59 Å². The van der Waals surface area contributed by atoms with Crippen molar-refractivity contribution in [1.82, 2.24) is 5.32 Å². The quantitative estimate of drug-likeness (QED) is 0.646. The number of carbonyl (C=O) groups is 3. The standard InChI is InChI=1S/C18H25NO4S2/c1-12-4-6-14(7-5-12)10-15(11-25-13(2)20)17(21)19-16(18(22)23)8-9-24-3/h4-7,15-16H,8-11H2,1-3H3,(H,19,21)(H,22,23)/t15?,16-/m0/s1. The summed E-state index contributed by atoms with van der Waals surface area (Å²) in [6.07, 6.45) is 2.74. The van der Waals surface area contributed by atoms with Gasteiger partial charge in [-0.2, -0.15) is 11.8 Å². The van der Waals surface area contributed by atoms with Gasteiger partial charge in [0.2, 0.25) is 5.91 Å². The molecule has 0 heterocycles. The zero-order valence-electron chi connectivity index (χ0n) is 14.8. The van der Waals surface area contributed by atoms with Gasteiger partial charge in [0.25, 0.3) is 0 Å². The molecule has 0 aliphatic heterocycles. The van der Waals surface area contributed by atoms with E-state index in [4.69, 9.17) is 0 Å². The molecule has 138 valence electrons. The molecule has 1 unspecified atom stereocenters. The third-order valence-electron chi connectivity index (χ3n) is 3.69. The van der Waals surface area contributed by atoms with E-state index in [1.165, 1.54) is 18.7 Å². The number of rotatable bonds is 10. The van der Waals surface area contributed by atoms with E-state index in [-0.39, 0.29) is 11.0 Å². The van der Waals surface area contributed by atoms with Crippen LogP contribution in [0.4, 0.5) is 0 Å². The first-order chi connectivity index (χ1) is 11.8. The molecule has 1 amide bonds. The maximum absolute atomic E-state index is 12.6. The number of aryl methyl sites for hydroxylation is 1. The topological polar surface area (TPSA) is 83.5 Å². The van der Waals surface area contributed by atoms with E-state index in [2.05, 4.69) is 5.32 Å². The van der Waals surface area contributed by atoms with Crippen LogP contribution in [0.3, 0.4) is 0 Å². The normalized spacial score (nSPS) is 13.1. The first-order valence-electron chi connectivity index (χ1n) is 8.04. The molecule has 1 aromatic carbocycles. The van der Waals surface area contributed by atoms with Gasteiger partial charge in [-0.1, -0.05) is 41.6 Å². The number of hydrogen-bond donors (Lipinski definition) is 2. The average Bonchev–Trinajstić information content (AvgIpc) is 2.56. The third kappa shape index (κ3) is 8.45. The second kappa shape index (κ2) is 11.2. The van der Waals surface area contributed by atoms with Gasteiger partial charge in [0, 0.05) is 12.7 Å². The smallest absolute Gasteiger partial charge is 0.326 e. The summed E-state index contributed by atoms with van der Waals surface area (Å²) in [6, 6.07) is 6.96. The minimum atomic E-state index is -1.03. The average molecular weight is 384 g/mol. The van der Waals surface area contributed by atoms with Gasteiger partial charge in [0.1, 0.15) is 6.04 Å². The van der Waals surface area contributed by atoms with Crippen LogP contribution in [0.1, 0.15) is 24.5 Å². The van der Waals surface area contributed by atoms with Gasteiger partial charge in [-0.05, 0) is 37.3 Å². The third-order valence-corrected chi connectivity index (χ3v) is 5.31. The van der Waals surface area contributed by atoms with Gasteiger partial charge in [-0.15, -0.1) is 0 Å². The van der Waals surface area contributed by atoms with E-state index in [1.807, 2.05) is 37.4 Å². The van der Waals surface area contributed by atoms with Crippen LogP contribution < -0.4 is 5.32 Å². The van der Waals surface area contributed by atoms with E-state index in [1.54, 1.807) is 0 Å². The number of aliphatic carboxylic acids is 1. The zero-order valence-corrected chi connectivity index (χ0v) is 16.4. The Balaban J connectivity index is 2.81. The van der Waals surface area contributed by atoms with Crippen molar-refractivity contribution < 1.29 is 19.5 Å². The predicted octanol–water partition coefficient (Wildman–Crippen LogP) is 2.76. The lowest BCUT2D eigenvalue weighted by molar-refractivity contribution is -0.142. The lowest BCUT2D eigenvalue weighted by Crippen LogP contribution is -2.45. The molecule has 0 saturated carbocycles. The summed E-state index contributed by atoms with van der Waals surface area (Å²) in [6.45, 7) is 3.45. The molecule has 0 fully saturated rings. The number of carboxylic acid groups (broad SMARTS) is 1. The van der Waals surface area contributed by atoms with Crippen LogP contribution in [0, 0.1) is 12.8 Å². The van der Waals surface area contributed by atoms with Crippen LogP contribution in [-0.2, 0) is 20.8 Å². The fourth-order valence-electron chi connectivity index (χ4n) is 2.24. The van der Waals surface area contributed by atoms with Crippen molar-refractivity contribution in [1.29, 1.82) is 0 Å². The summed E-state index contributed by atoms with van der Waals surface area (Å²) in [4.78, 5) is 35.2. The number of nitrogens with one attached hydrogen (secondary N) is 1. The van der Waals surface area contributed by atoms with Gasteiger partial charge in [0.15, 0.2) is 5.12 Å². The summed E-state index contributed by atoms with van der Waals surface area (Å²) < 4.78 is 0. The minimum Gasteiger partial charge on any atom is -0.480 e. The Labute approximate surface area is 157 Å². The molecule has 0 aromatic heterocycles. The highest BCUT2D eigenvalue weighted by molar-refractivity contribution is 8.13. The Kier molecular flexibility index (Phi) is 9.67. The van der Waals surface area contributed by atoms with Crippen molar-refractivity contribution in [3.8, 4) is 0 Å². The van der Waals surface area contributed by atoms with Gasteiger partial charge < -0.3 is 10.4 Å². The number of hydrogen-bond acceptors (Lipinski definition) is 5. The summed E-state index contributed by atoms with van der Waals surface area (Å²) in [5, 5.41) is 11.9. The molecule has 7 heteroatoms. The number of amides is 1. The second-order valence-electron chi connectivity index (χ2n) is 5.87. The Bertz CT molecular complexity index is 589. The maximum atomic E-state index is 12.6. The number of benzene rings is 1. The Morgan fingerprint density at radius 3 is 2.36 bits per heavy atom. The summed E-state index contributed by atoms with van der Waals surface area (Å²) in [5.41, 5.74) is 2.12. The summed E-state index contributed by atoms with van der Waals surface area (Å²) in [5.74, 6) is -0.808. The van der Waals surface area contributed by atoms with Crippen LogP contribution >= 0.6 is 23.5 Å². The van der Waals surface area contributed by atoms with Crippen LogP contribution in [0.15, 0.2) is 24.3 Å². The van der Waals surface area contributed by atoms with E-state index < -0.39 is 17.9 Å². The molecule has 5 nitrogen and oxygen atoms in total. The number of carbonyl (C=O) groups excluding carboxylic acids is 2. The maximum Gasteiger partial charge on any atom is 0.326 e. The molecule has 1 rings (SSSR count). The lowest BCUT2D eigenvalue weighted by atomic mass is 9.99. The van der Waals surface area contributed by atoms with Gasteiger partial charge in [-0.25, -0.2) is 4.79 Å². The molecule has 2 atom stereocenters. The highest BCUT2D eigenvalue weighted by Gasteiger charge is 2.25. The highest BCUT2D eigenvalue weighted by atomic mass is 32.2. The molecule has 0 saturated heterocycles. The van der Waals surface area contributed by atoms with Crippen LogP contribution in [0.5, 0.6) is 0 Å². The SMILES string of the molecule is CSCC[C@H](NC(=O)C(CSC(C)=O)Cc1ccc(C)cc1)C(=O)O. The zero-order chi connectivity index (χ0) is 18.8. The van der Waals surface area contributed by atoms with E-state index in [0.717, 1.165) is 22.9 Å². The molecule has 2 N–H and O–H groups in total. The second-order valence-corrected chi connectivity index (χ2v) is 8.05.